The van der Waals surface area contributed by atoms with E-state index >= 15 is 0 Å². The average Bonchev–Trinajstić information content (AvgIpc) is 2.81. The van der Waals surface area contributed by atoms with Crippen LogP contribution in [-0.2, 0) is 10.5 Å². The zero-order valence-electron chi connectivity index (χ0n) is 18.9. The van der Waals surface area contributed by atoms with E-state index in [1.165, 1.54) is 38.7 Å². The van der Waals surface area contributed by atoms with Crippen molar-refractivity contribution < 1.29 is 19.0 Å². The topological polar surface area (TPSA) is 103 Å². The smallest absolute Gasteiger partial charge is 0.257 e. The highest BCUT2D eigenvalue weighted by molar-refractivity contribution is 7.98. The fourth-order valence-corrected chi connectivity index (χ4v) is 4.86. The maximum absolute atomic E-state index is 13.2. The number of fused-ring (bicyclic) bond motifs is 1. The number of H-pyrrole nitrogens is 1. The zero-order valence-corrected chi connectivity index (χ0v) is 19.7. The molecule has 33 heavy (non-hydrogen) atoms. The number of aromatic nitrogens is 2. The van der Waals surface area contributed by atoms with Gasteiger partial charge in [-0.2, -0.15) is 0 Å². The standard InChI is InChI=1S/C24H25N3O5S/c1-13-7-5-6-8-14(13)12-33-24-26-22-21(23(29)27-24)16(10-20(28)25-22)15-9-18(31-3)19(32-4)11-17(15)30-2/h5-9,11,16H,10,12H2,1-4H3,(H2,25,26,27,28,29)/t16-/m0/s1. The van der Waals surface area contributed by atoms with Crippen LogP contribution in [0.5, 0.6) is 17.2 Å². The van der Waals surface area contributed by atoms with Crippen molar-refractivity contribution in [2.24, 2.45) is 0 Å². The first-order valence-electron chi connectivity index (χ1n) is 10.4. The summed E-state index contributed by atoms with van der Waals surface area (Å²) in [4.78, 5) is 33.2. The number of benzene rings is 2. The summed E-state index contributed by atoms with van der Waals surface area (Å²) < 4.78 is 16.3. The minimum absolute atomic E-state index is 0.0826. The predicted octanol–water partition coefficient (Wildman–Crippen LogP) is 3.87. The lowest BCUT2D eigenvalue weighted by Crippen LogP contribution is -2.31. The summed E-state index contributed by atoms with van der Waals surface area (Å²) in [5, 5.41) is 3.21. The summed E-state index contributed by atoms with van der Waals surface area (Å²) in [6.45, 7) is 2.04. The van der Waals surface area contributed by atoms with Crippen LogP contribution in [0.25, 0.3) is 0 Å². The number of carbonyl (C=O) groups excluding carboxylic acids is 1. The first-order chi connectivity index (χ1) is 15.9. The van der Waals surface area contributed by atoms with E-state index in [2.05, 4.69) is 15.3 Å². The second kappa shape index (κ2) is 9.58. The molecule has 0 spiro atoms. The van der Waals surface area contributed by atoms with E-state index in [1.54, 1.807) is 12.1 Å². The SMILES string of the molecule is COc1cc(OC)c([C@@H]2CC(=O)Nc3nc(SCc4ccccc4C)[nH]c(=O)c32)cc1OC. The van der Waals surface area contributed by atoms with Gasteiger partial charge in [0, 0.05) is 29.7 Å². The quantitative estimate of drug-likeness (QED) is 0.402. The van der Waals surface area contributed by atoms with Gasteiger partial charge in [-0.05, 0) is 24.1 Å². The fraction of sp³-hybridized carbons (Fsp3) is 0.292. The van der Waals surface area contributed by atoms with Crippen molar-refractivity contribution in [3.8, 4) is 17.2 Å². The summed E-state index contributed by atoms with van der Waals surface area (Å²) in [6, 6.07) is 11.5. The minimum Gasteiger partial charge on any atom is -0.496 e. The molecule has 0 bridgehead atoms. The van der Waals surface area contributed by atoms with E-state index in [0.29, 0.717) is 39.3 Å². The molecule has 0 saturated carbocycles. The third-order valence-corrected chi connectivity index (χ3v) is 6.59. The van der Waals surface area contributed by atoms with Gasteiger partial charge in [0.05, 0.1) is 26.9 Å². The maximum atomic E-state index is 13.2. The van der Waals surface area contributed by atoms with E-state index < -0.39 is 5.92 Å². The molecule has 1 aromatic heterocycles. The van der Waals surface area contributed by atoms with Crippen molar-refractivity contribution in [2.75, 3.05) is 26.6 Å². The Morgan fingerprint density at radius 2 is 1.73 bits per heavy atom. The van der Waals surface area contributed by atoms with Gasteiger partial charge in [0.25, 0.3) is 5.56 Å². The molecule has 9 heteroatoms. The lowest BCUT2D eigenvalue weighted by atomic mass is 9.86. The van der Waals surface area contributed by atoms with Crippen molar-refractivity contribution in [1.29, 1.82) is 0 Å². The van der Waals surface area contributed by atoms with Crippen molar-refractivity contribution in [1.82, 2.24) is 9.97 Å². The molecular weight excluding hydrogens is 442 g/mol. The minimum atomic E-state index is -0.546. The second-order valence-corrected chi connectivity index (χ2v) is 8.57. The summed E-state index contributed by atoms with van der Waals surface area (Å²) in [6.07, 6.45) is 0.0826. The van der Waals surface area contributed by atoms with Crippen LogP contribution in [0, 0.1) is 6.92 Å². The van der Waals surface area contributed by atoms with Crippen LogP contribution >= 0.6 is 11.8 Å². The molecule has 4 rings (SSSR count). The Morgan fingerprint density at radius 1 is 1.03 bits per heavy atom. The molecule has 1 aliphatic rings. The van der Waals surface area contributed by atoms with Crippen LogP contribution in [-0.4, -0.2) is 37.2 Å². The average molecular weight is 468 g/mol. The normalized spacial score (nSPS) is 14.9. The molecule has 3 aromatic rings. The molecular formula is C24H25N3O5S. The molecule has 1 amide bonds. The van der Waals surface area contributed by atoms with Gasteiger partial charge >= 0.3 is 0 Å². The third kappa shape index (κ3) is 4.54. The van der Waals surface area contributed by atoms with Crippen LogP contribution in [0.1, 0.15) is 34.6 Å². The molecule has 1 atom stereocenters. The van der Waals surface area contributed by atoms with E-state index in [0.717, 1.165) is 5.56 Å². The van der Waals surface area contributed by atoms with Gasteiger partial charge in [0.2, 0.25) is 5.91 Å². The molecule has 0 unspecified atom stereocenters. The predicted molar refractivity (Wildman–Crippen MR) is 127 cm³/mol. The van der Waals surface area contributed by atoms with Crippen LogP contribution in [0.4, 0.5) is 5.82 Å². The summed E-state index contributed by atoms with van der Waals surface area (Å²) >= 11 is 1.41. The summed E-state index contributed by atoms with van der Waals surface area (Å²) in [7, 11) is 4.59. The molecule has 2 aromatic carbocycles. The second-order valence-electron chi connectivity index (χ2n) is 7.60. The summed E-state index contributed by atoms with van der Waals surface area (Å²) in [5.41, 5.74) is 3.06. The molecule has 2 heterocycles. The van der Waals surface area contributed by atoms with Gasteiger partial charge in [0.15, 0.2) is 16.7 Å². The van der Waals surface area contributed by atoms with E-state index in [-0.39, 0.29) is 23.7 Å². The van der Waals surface area contributed by atoms with Gasteiger partial charge in [-0.1, -0.05) is 36.0 Å². The molecule has 8 nitrogen and oxygen atoms in total. The van der Waals surface area contributed by atoms with Crippen LogP contribution in [0.15, 0.2) is 46.3 Å². The Kier molecular flexibility index (Phi) is 6.60. The molecule has 0 saturated heterocycles. The number of anilines is 1. The molecule has 0 radical (unpaired) electrons. The maximum Gasteiger partial charge on any atom is 0.257 e. The Morgan fingerprint density at radius 3 is 2.42 bits per heavy atom. The number of thioether (sulfide) groups is 1. The largest absolute Gasteiger partial charge is 0.496 e. The van der Waals surface area contributed by atoms with Gasteiger partial charge in [-0.3, -0.25) is 9.59 Å². The highest BCUT2D eigenvalue weighted by Crippen LogP contribution is 2.43. The van der Waals surface area contributed by atoms with Gasteiger partial charge in [-0.15, -0.1) is 0 Å². The number of carbonyl (C=O) groups is 1. The number of rotatable bonds is 7. The van der Waals surface area contributed by atoms with Gasteiger partial charge < -0.3 is 24.5 Å². The van der Waals surface area contributed by atoms with Crippen molar-refractivity contribution in [3.63, 3.8) is 0 Å². The van der Waals surface area contributed by atoms with E-state index in [1.807, 2.05) is 31.2 Å². The number of aryl methyl sites for hydroxylation is 1. The number of hydrogen-bond acceptors (Lipinski definition) is 7. The third-order valence-electron chi connectivity index (χ3n) is 5.67. The highest BCUT2D eigenvalue weighted by atomic mass is 32.2. The Hall–Kier alpha value is -3.46. The molecule has 0 aliphatic carbocycles. The van der Waals surface area contributed by atoms with Gasteiger partial charge in [0.1, 0.15) is 11.6 Å². The number of methoxy groups -OCH3 is 3. The fourth-order valence-electron chi connectivity index (χ4n) is 3.93. The number of amides is 1. The number of aromatic amines is 1. The van der Waals surface area contributed by atoms with Crippen LogP contribution < -0.4 is 25.1 Å². The van der Waals surface area contributed by atoms with E-state index in [4.69, 9.17) is 14.2 Å². The first kappa shape index (κ1) is 22.7. The molecule has 2 N–H and O–H groups in total. The Bertz CT molecular complexity index is 1260. The zero-order chi connectivity index (χ0) is 23.5. The number of ether oxygens (including phenoxy) is 3. The lowest BCUT2D eigenvalue weighted by molar-refractivity contribution is -0.116. The molecule has 1 aliphatic heterocycles. The van der Waals surface area contributed by atoms with E-state index in [9.17, 15) is 9.59 Å². The molecule has 0 fully saturated rings. The lowest BCUT2D eigenvalue weighted by Gasteiger charge is -2.26. The van der Waals surface area contributed by atoms with Crippen LogP contribution in [0.2, 0.25) is 0 Å². The van der Waals surface area contributed by atoms with Crippen LogP contribution in [0.3, 0.4) is 0 Å². The summed E-state index contributed by atoms with van der Waals surface area (Å²) in [5.74, 6) is 1.62. The van der Waals surface area contributed by atoms with Gasteiger partial charge in [-0.25, -0.2) is 4.98 Å². The van der Waals surface area contributed by atoms with Crippen molar-refractivity contribution in [2.45, 2.75) is 30.2 Å². The molecule has 172 valence electrons. The van der Waals surface area contributed by atoms with Crippen molar-refractivity contribution >= 4 is 23.5 Å². The highest BCUT2D eigenvalue weighted by Gasteiger charge is 2.33. The first-order valence-corrected chi connectivity index (χ1v) is 11.3. The van der Waals surface area contributed by atoms with Crippen molar-refractivity contribution in [3.05, 3.63) is 69.0 Å². The number of nitrogens with zero attached hydrogens (tertiary/aromatic N) is 1. The monoisotopic (exact) mass is 467 g/mol. The number of nitrogens with one attached hydrogen (secondary N) is 2. The number of hydrogen-bond donors (Lipinski definition) is 2. The Balaban J connectivity index is 1.73. The Labute approximate surface area is 195 Å².